The highest BCUT2D eigenvalue weighted by molar-refractivity contribution is 7.09. The van der Waals surface area contributed by atoms with Crippen LogP contribution >= 0.6 is 11.3 Å². The van der Waals surface area contributed by atoms with E-state index in [1.165, 1.54) is 21.5 Å². The molecule has 24 heavy (non-hydrogen) atoms. The average Bonchev–Trinajstić information content (AvgIpc) is 3.20. The second-order valence-electron chi connectivity index (χ2n) is 5.85. The molecule has 2 aromatic heterocycles. The van der Waals surface area contributed by atoms with Gasteiger partial charge in [0.25, 0.3) is 0 Å². The van der Waals surface area contributed by atoms with Crippen LogP contribution in [0.15, 0.2) is 41.8 Å². The molecule has 0 saturated heterocycles. The first-order valence-corrected chi connectivity index (χ1v) is 9.18. The fraction of sp³-hybridized carbons (Fsp3) is 0.316. The number of para-hydroxylation sites is 1. The monoisotopic (exact) mass is 341 g/mol. The van der Waals surface area contributed by atoms with Crippen LogP contribution in [0.5, 0.6) is 0 Å². The van der Waals surface area contributed by atoms with E-state index in [-0.39, 0.29) is 6.03 Å². The van der Waals surface area contributed by atoms with E-state index in [1.807, 2.05) is 29.3 Å². The number of thiophene rings is 1. The first kappa shape index (κ1) is 16.6. The average molecular weight is 341 g/mol. The predicted molar refractivity (Wildman–Crippen MR) is 101 cm³/mol. The molecule has 0 spiro atoms. The molecule has 1 aromatic carbocycles. The summed E-state index contributed by atoms with van der Waals surface area (Å²) in [4.78, 5) is 18.8. The summed E-state index contributed by atoms with van der Waals surface area (Å²) in [5.74, 6) is 0. The summed E-state index contributed by atoms with van der Waals surface area (Å²) >= 11 is 1.68. The van der Waals surface area contributed by atoms with Crippen LogP contribution in [0.2, 0.25) is 0 Å². The number of amides is 2. The lowest BCUT2D eigenvalue weighted by atomic mass is 10.1. The number of nitrogens with zero attached hydrogens (tertiary/aromatic N) is 1. The standard InChI is InChI=1S/C19H23N3OS/c1-3-22(13-15-7-6-12-24-15)19(23)20-11-10-16-14(2)21-18-9-5-4-8-17(16)18/h4-9,12,21H,3,10-11,13H2,1-2H3,(H,20,23). The van der Waals surface area contributed by atoms with Gasteiger partial charge in [-0.3, -0.25) is 0 Å². The van der Waals surface area contributed by atoms with Gasteiger partial charge >= 0.3 is 6.03 Å². The fourth-order valence-corrected chi connectivity index (χ4v) is 3.70. The van der Waals surface area contributed by atoms with Crippen LogP contribution in [0, 0.1) is 6.92 Å². The maximum absolute atomic E-state index is 12.4. The molecule has 3 aromatic rings. The van der Waals surface area contributed by atoms with Crippen molar-refractivity contribution in [1.29, 1.82) is 0 Å². The first-order chi connectivity index (χ1) is 11.7. The van der Waals surface area contributed by atoms with E-state index in [2.05, 4.69) is 41.5 Å². The van der Waals surface area contributed by atoms with E-state index >= 15 is 0 Å². The number of fused-ring (bicyclic) bond motifs is 1. The van der Waals surface area contributed by atoms with Crippen LogP contribution in [0.4, 0.5) is 4.79 Å². The predicted octanol–water partition coefficient (Wildman–Crippen LogP) is 4.31. The Kier molecular flexibility index (Phi) is 5.20. The molecule has 2 N–H and O–H groups in total. The highest BCUT2D eigenvalue weighted by atomic mass is 32.1. The third-order valence-corrected chi connectivity index (χ3v) is 5.14. The highest BCUT2D eigenvalue weighted by Crippen LogP contribution is 2.22. The van der Waals surface area contributed by atoms with Crippen molar-refractivity contribution in [2.45, 2.75) is 26.8 Å². The van der Waals surface area contributed by atoms with E-state index in [9.17, 15) is 4.79 Å². The Hall–Kier alpha value is -2.27. The Labute approximate surface area is 146 Å². The van der Waals surface area contributed by atoms with Gasteiger partial charge in [0.1, 0.15) is 0 Å². The highest BCUT2D eigenvalue weighted by Gasteiger charge is 2.13. The fourth-order valence-electron chi connectivity index (χ4n) is 2.98. The van der Waals surface area contributed by atoms with Crippen molar-refractivity contribution >= 4 is 28.3 Å². The van der Waals surface area contributed by atoms with Crippen LogP contribution < -0.4 is 5.32 Å². The van der Waals surface area contributed by atoms with Gasteiger partial charge in [0.15, 0.2) is 0 Å². The molecule has 4 nitrogen and oxygen atoms in total. The van der Waals surface area contributed by atoms with Crippen LogP contribution in [-0.2, 0) is 13.0 Å². The summed E-state index contributed by atoms with van der Waals surface area (Å²) in [6, 6.07) is 12.4. The molecule has 0 aliphatic rings. The number of hydrogen-bond donors (Lipinski definition) is 2. The van der Waals surface area contributed by atoms with E-state index < -0.39 is 0 Å². The number of nitrogens with one attached hydrogen (secondary N) is 2. The number of rotatable bonds is 6. The van der Waals surface area contributed by atoms with E-state index in [4.69, 9.17) is 0 Å². The summed E-state index contributed by atoms with van der Waals surface area (Å²) in [7, 11) is 0. The Bertz CT molecular complexity index is 807. The van der Waals surface area contributed by atoms with Crippen molar-refractivity contribution in [3.63, 3.8) is 0 Å². The van der Waals surface area contributed by atoms with Crippen molar-refractivity contribution < 1.29 is 4.79 Å². The minimum absolute atomic E-state index is 0.00314. The number of carbonyl (C=O) groups is 1. The van der Waals surface area contributed by atoms with Gasteiger partial charge in [0.05, 0.1) is 6.54 Å². The lowest BCUT2D eigenvalue weighted by Gasteiger charge is -2.20. The SMILES string of the molecule is CCN(Cc1cccs1)C(=O)NCCc1c(C)[nH]c2ccccc12. The number of urea groups is 1. The van der Waals surface area contributed by atoms with Gasteiger partial charge < -0.3 is 15.2 Å². The molecule has 0 radical (unpaired) electrons. The molecule has 0 atom stereocenters. The van der Waals surface area contributed by atoms with Crippen LogP contribution in [0.25, 0.3) is 10.9 Å². The van der Waals surface area contributed by atoms with Gasteiger partial charge in [-0.2, -0.15) is 0 Å². The molecule has 0 fully saturated rings. The second-order valence-corrected chi connectivity index (χ2v) is 6.88. The molecule has 126 valence electrons. The topological polar surface area (TPSA) is 48.1 Å². The third kappa shape index (κ3) is 3.62. The number of H-pyrrole nitrogens is 1. The van der Waals surface area contributed by atoms with Crippen molar-refractivity contribution in [3.05, 3.63) is 57.9 Å². The number of carbonyl (C=O) groups excluding carboxylic acids is 1. The van der Waals surface area contributed by atoms with Gasteiger partial charge in [0, 0.05) is 34.6 Å². The number of aromatic amines is 1. The van der Waals surface area contributed by atoms with Crippen molar-refractivity contribution in [2.75, 3.05) is 13.1 Å². The third-order valence-electron chi connectivity index (χ3n) is 4.27. The van der Waals surface area contributed by atoms with Crippen molar-refractivity contribution in [1.82, 2.24) is 15.2 Å². The molecule has 2 amide bonds. The molecular formula is C19H23N3OS. The lowest BCUT2D eigenvalue weighted by molar-refractivity contribution is 0.199. The first-order valence-electron chi connectivity index (χ1n) is 8.30. The smallest absolute Gasteiger partial charge is 0.317 e. The van der Waals surface area contributed by atoms with Crippen molar-refractivity contribution in [3.8, 4) is 0 Å². The molecule has 0 aliphatic heterocycles. The Morgan fingerprint density at radius 3 is 2.83 bits per heavy atom. The molecule has 3 rings (SSSR count). The second kappa shape index (κ2) is 7.53. The van der Waals surface area contributed by atoms with Gasteiger partial charge in [-0.15, -0.1) is 11.3 Å². The summed E-state index contributed by atoms with van der Waals surface area (Å²) in [5, 5.41) is 6.34. The maximum Gasteiger partial charge on any atom is 0.317 e. The summed E-state index contributed by atoms with van der Waals surface area (Å²) in [5.41, 5.74) is 3.62. The minimum Gasteiger partial charge on any atom is -0.358 e. The zero-order chi connectivity index (χ0) is 16.9. The lowest BCUT2D eigenvalue weighted by Crippen LogP contribution is -2.40. The summed E-state index contributed by atoms with van der Waals surface area (Å²) in [6.45, 7) is 6.12. The quantitative estimate of drug-likeness (QED) is 0.689. The van der Waals surface area contributed by atoms with Gasteiger partial charge in [-0.25, -0.2) is 4.79 Å². The number of benzene rings is 1. The van der Waals surface area contributed by atoms with Crippen LogP contribution in [-0.4, -0.2) is 29.0 Å². The summed E-state index contributed by atoms with van der Waals surface area (Å²) in [6.07, 6.45) is 0.831. The molecule has 2 heterocycles. The molecule has 0 unspecified atom stereocenters. The number of hydrogen-bond acceptors (Lipinski definition) is 2. The van der Waals surface area contributed by atoms with E-state index in [0.717, 1.165) is 11.9 Å². The van der Waals surface area contributed by atoms with Gasteiger partial charge in [-0.05, 0) is 43.3 Å². The molecule has 0 saturated carbocycles. The number of aryl methyl sites for hydroxylation is 1. The molecule has 0 aliphatic carbocycles. The van der Waals surface area contributed by atoms with Gasteiger partial charge in [-0.1, -0.05) is 24.3 Å². The summed E-state index contributed by atoms with van der Waals surface area (Å²) < 4.78 is 0. The van der Waals surface area contributed by atoms with E-state index in [1.54, 1.807) is 11.3 Å². The van der Waals surface area contributed by atoms with E-state index in [0.29, 0.717) is 19.6 Å². The Morgan fingerprint density at radius 2 is 2.08 bits per heavy atom. The molecular weight excluding hydrogens is 318 g/mol. The largest absolute Gasteiger partial charge is 0.358 e. The minimum atomic E-state index is 0.00314. The number of aromatic nitrogens is 1. The van der Waals surface area contributed by atoms with Crippen LogP contribution in [0.1, 0.15) is 23.1 Å². The molecule has 5 heteroatoms. The van der Waals surface area contributed by atoms with Crippen molar-refractivity contribution in [2.24, 2.45) is 0 Å². The zero-order valence-electron chi connectivity index (χ0n) is 14.1. The maximum atomic E-state index is 12.4. The van der Waals surface area contributed by atoms with Crippen LogP contribution in [0.3, 0.4) is 0 Å². The molecule has 0 bridgehead atoms. The van der Waals surface area contributed by atoms with Gasteiger partial charge in [0.2, 0.25) is 0 Å². The zero-order valence-corrected chi connectivity index (χ0v) is 15.0. The normalized spacial score (nSPS) is 10.9. The Morgan fingerprint density at radius 1 is 1.25 bits per heavy atom. The Balaban J connectivity index is 1.58.